The molecular weight excluding hydrogens is 464 g/mol. The first-order chi connectivity index (χ1) is 17.0. The number of ketones is 1. The molecule has 0 saturated carbocycles. The number of esters is 1. The van der Waals surface area contributed by atoms with Gasteiger partial charge >= 0.3 is 5.97 Å². The van der Waals surface area contributed by atoms with Crippen LogP contribution in [-0.4, -0.2) is 53.9 Å². The second-order valence-corrected chi connectivity index (χ2v) is 9.47. The molecule has 186 valence electrons. The van der Waals surface area contributed by atoms with Gasteiger partial charge in [-0.05, 0) is 55.7 Å². The molecule has 1 aliphatic heterocycles. The largest absolute Gasteiger partial charge is 0.454 e. The fraction of sp³-hybridized carbons (Fsp3) is 0.407. The Hall–Kier alpha value is -3.13. The number of Topliss-reactive ketones (excluding diaryl/α,β-unsaturated/α-hetero) is 1. The summed E-state index contributed by atoms with van der Waals surface area (Å²) in [6, 6.07) is 13.5. The van der Waals surface area contributed by atoms with E-state index in [0.29, 0.717) is 28.1 Å². The Kier molecular flexibility index (Phi) is 10.3. The highest BCUT2D eigenvalue weighted by Gasteiger charge is 2.20. The van der Waals surface area contributed by atoms with Crippen molar-refractivity contribution in [2.45, 2.75) is 50.3 Å². The van der Waals surface area contributed by atoms with Gasteiger partial charge in [-0.25, -0.2) is 4.79 Å². The Morgan fingerprint density at radius 3 is 2.40 bits per heavy atom. The molecule has 8 heteroatoms. The van der Waals surface area contributed by atoms with Crippen LogP contribution >= 0.6 is 11.8 Å². The molecule has 0 unspecified atom stereocenters. The van der Waals surface area contributed by atoms with Crippen LogP contribution in [0.15, 0.2) is 53.4 Å². The van der Waals surface area contributed by atoms with Gasteiger partial charge in [-0.1, -0.05) is 31.9 Å². The summed E-state index contributed by atoms with van der Waals surface area (Å²) in [6.45, 7) is 3.27. The van der Waals surface area contributed by atoms with Gasteiger partial charge in [0.05, 0.1) is 11.3 Å². The first-order valence-electron chi connectivity index (χ1n) is 12.1. The van der Waals surface area contributed by atoms with E-state index in [1.807, 2.05) is 4.90 Å². The smallest absolute Gasteiger partial charge is 0.339 e. The summed E-state index contributed by atoms with van der Waals surface area (Å²) in [6.07, 6.45) is 5.45. The van der Waals surface area contributed by atoms with Crippen molar-refractivity contribution >= 4 is 41.0 Å². The van der Waals surface area contributed by atoms with E-state index in [1.54, 1.807) is 48.5 Å². The quantitative estimate of drug-likeness (QED) is 0.193. The minimum absolute atomic E-state index is 0.0508. The molecule has 7 nitrogen and oxygen atoms in total. The number of rotatable bonds is 12. The van der Waals surface area contributed by atoms with Crippen molar-refractivity contribution in [1.82, 2.24) is 4.90 Å². The SMILES string of the molecule is CCCCCC(=O)Nc1ccc(C(=O)COC(=O)c2ccccc2SCC(=O)N2CCCC2)cc1. The van der Waals surface area contributed by atoms with Gasteiger partial charge in [0.25, 0.3) is 0 Å². The van der Waals surface area contributed by atoms with Gasteiger partial charge in [-0.15, -0.1) is 11.8 Å². The second-order valence-electron chi connectivity index (χ2n) is 8.45. The van der Waals surface area contributed by atoms with E-state index in [2.05, 4.69) is 12.2 Å². The third-order valence-electron chi connectivity index (χ3n) is 5.75. The predicted molar refractivity (Wildman–Crippen MR) is 137 cm³/mol. The number of hydrogen-bond acceptors (Lipinski definition) is 6. The normalized spacial score (nSPS) is 12.9. The van der Waals surface area contributed by atoms with Gasteiger partial charge in [0.2, 0.25) is 11.8 Å². The van der Waals surface area contributed by atoms with Gasteiger partial charge in [-0.3, -0.25) is 14.4 Å². The van der Waals surface area contributed by atoms with Gasteiger partial charge in [0, 0.05) is 35.7 Å². The average Bonchev–Trinajstić information content (AvgIpc) is 3.42. The Morgan fingerprint density at radius 2 is 1.69 bits per heavy atom. The van der Waals surface area contributed by atoms with Crippen LogP contribution in [0.2, 0.25) is 0 Å². The molecule has 1 aliphatic rings. The molecule has 0 bridgehead atoms. The monoisotopic (exact) mass is 496 g/mol. The zero-order valence-electron chi connectivity index (χ0n) is 20.1. The third kappa shape index (κ3) is 8.24. The molecule has 1 fully saturated rings. The maximum absolute atomic E-state index is 12.7. The highest BCUT2D eigenvalue weighted by atomic mass is 32.2. The van der Waals surface area contributed by atoms with Crippen LogP contribution in [0.3, 0.4) is 0 Å². The molecule has 1 N–H and O–H groups in total. The fourth-order valence-electron chi connectivity index (χ4n) is 3.75. The van der Waals surface area contributed by atoms with Gasteiger partial charge < -0.3 is 15.0 Å². The van der Waals surface area contributed by atoms with Crippen LogP contribution in [-0.2, 0) is 14.3 Å². The molecule has 0 atom stereocenters. The lowest BCUT2D eigenvalue weighted by atomic mass is 10.1. The summed E-state index contributed by atoms with van der Waals surface area (Å²) in [5.41, 5.74) is 1.34. The number of amides is 2. The number of nitrogens with one attached hydrogen (secondary N) is 1. The van der Waals surface area contributed by atoms with Crippen LogP contribution in [0.5, 0.6) is 0 Å². The van der Waals surface area contributed by atoms with E-state index in [1.165, 1.54) is 11.8 Å². The van der Waals surface area contributed by atoms with E-state index in [4.69, 9.17) is 4.74 Å². The summed E-state index contributed by atoms with van der Waals surface area (Å²) in [4.78, 5) is 51.9. The fourth-order valence-corrected chi connectivity index (χ4v) is 4.69. The summed E-state index contributed by atoms with van der Waals surface area (Å²) >= 11 is 1.30. The average molecular weight is 497 g/mol. The number of unbranched alkanes of at least 4 members (excludes halogenated alkanes) is 2. The van der Waals surface area contributed by atoms with E-state index < -0.39 is 12.6 Å². The first kappa shape index (κ1) is 26.5. The Morgan fingerprint density at radius 1 is 0.971 bits per heavy atom. The number of hydrogen-bond donors (Lipinski definition) is 1. The zero-order valence-corrected chi connectivity index (χ0v) is 20.9. The molecule has 0 spiro atoms. The third-order valence-corrected chi connectivity index (χ3v) is 6.81. The van der Waals surface area contributed by atoms with Gasteiger partial charge in [0.1, 0.15) is 0 Å². The summed E-state index contributed by atoms with van der Waals surface area (Å²) in [7, 11) is 0. The lowest BCUT2D eigenvalue weighted by Gasteiger charge is -2.15. The van der Waals surface area contributed by atoms with Crippen molar-refractivity contribution < 1.29 is 23.9 Å². The lowest BCUT2D eigenvalue weighted by molar-refractivity contribution is -0.127. The molecule has 2 aromatic rings. The summed E-state index contributed by atoms with van der Waals surface area (Å²) < 4.78 is 5.27. The maximum Gasteiger partial charge on any atom is 0.339 e. The molecule has 1 saturated heterocycles. The molecule has 0 aromatic heterocycles. The van der Waals surface area contributed by atoms with E-state index >= 15 is 0 Å². The minimum Gasteiger partial charge on any atom is -0.454 e. The van der Waals surface area contributed by atoms with Crippen molar-refractivity contribution in [3.63, 3.8) is 0 Å². The van der Waals surface area contributed by atoms with Crippen molar-refractivity contribution in [2.24, 2.45) is 0 Å². The van der Waals surface area contributed by atoms with Crippen molar-refractivity contribution in [3.8, 4) is 0 Å². The van der Waals surface area contributed by atoms with Crippen LogP contribution in [0.25, 0.3) is 0 Å². The van der Waals surface area contributed by atoms with E-state index in [9.17, 15) is 19.2 Å². The lowest BCUT2D eigenvalue weighted by Crippen LogP contribution is -2.29. The highest BCUT2D eigenvalue weighted by molar-refractivity contribution is 8.00. The molecule has 2 aromatic carbocycles. The van der Waals surface area contributed by atoms with E-state index in [0.717, 1.165) is 45.2 Å². The minimum atomic E-state index is -0.606. The zero-order chi connectivity index (χ0) is 25.0. The predicted octanol–water partition coefficient (Wildman–Crippen LogP) is 4.96. The number of benzene rings is 2. The second kappa shape index (κ2) is 13.7. The number of nitrogens with zero attached hydrogens (tertiary/aromatic N) is 1. The number of anilines is 1. The topological polar surface area (TPSA) is 92.8 Å². The Balaban J connectivity index is 1.49. The first-order valence-corrected chi connectivity index (χ1v) is 13.1. The highest BCUT2D eigenvalue weighted by Crippen LogP contribution is 2.24. The van der Waals surface area contributed by atoms with Gasteiger partial charge in [-0.2, -0.15) is 0 Å². The molecule has 2 amide bonds. The molecule has 0 radical (unpaired) electrons. The van der Waals surface area contributed by atoms with Crippen LogP contribution in [0.4, 0.5) is 5.69 Å². The van der Waals surface area contributed by atoms with Crippen molar-refractivity contribution in [2.75, 3.05) is 30.8 Å². The molecular formula is C27H32N2O5S. The standard InChI is InChI=1S/C27H32N2O5S/c1-2-3-4-11-25(31)28-21-14-12-20(13-15-21)23(30)18-34-27(33)22-9-5-6-10-24(22)35-19-26(32)29-16-7-8-17-29/h5-6,9-10,12-15H,2-4,7-8,11,16-19H2,1H3,(H,28,31). The molecule has 1 heterocycles. The van der Waals surface area contributed by atoms with Crippen LogP contribution < -0.4 is 5.32 Å². The molecule has 0 aliphatic carbocycles. The van der Waals surface area contributed by atoms with Crippen molar-refractivity contribution in [1.29, 1.82) is 0 Å². The Labute approximate surface area is 210 Å². The number of likely N-dealkylation sites (tertiary alicyclic amines) is 1. The van der Waals surface area contributed by atoms with Crippen LogP contribution in [0.1, 0.15) is 66.2 Å². The van der Waals surface area contributed by atoms with Gasteiger partial charge in [0.15, 0.2) is 12.4 Å². The van der Waals surface area contributed by atoms with Crippen molar-refractivity contribution in [3.05, 3.63) is 59.7 Å². The maximum atomic E-state index is 12.7. The Bertz CT molecular complexity index is 1030. The molecule has 3 rings (SSSR count). The molecule has 35 heavy (non-hydrogen) atoms. The number of thioether (sulfide) groups is 1. The number of carbonyl (C=O) groups excluding carboxylic acids is 4. The summed E-state index contributed by atoms with van der Waals surface area (Å²) in [5, 5.41) is 2.82. The number of carbonyl (C=O) groups is 4. The number of ether oxygens (including phenoxy) is 1. The van der Waals surface area contributed by atoms with Crippen LogP contribution in [0, 0.1) is 0 Å². The van der Waals surface area contributed by atoms with E-state index in [-0.39, 0.29) is 23.4 Å². The summed E-state index contributed by atoms with van der Waals surface area (Å²) in [5.74, 6) is -0.679.